The maximum Gasteiger partial charge on any atom is 0.331 e. The molecule has 2 heterocycles. The molecule has 0 spiro atoms. The molecule has 3 aromatic rings. The lowest BCUT2D eigenvalue weighted by atomic mass is 10.2. The van der Waals surface area contributed by atoms with Crippen molar-refractivity contribution in [1.82, 2.24) is 14.5 Å². The van der Waals surface area contributed by atoms with E-state index in [1.54, 1.807) is 17.0 Å². The summed E-state index contributed by atoms with van der Waals surface area (Å²) in [6.07, 6.45) is 3.35. The first-order chi connectivity index (χ1) is 8.27. The number of nitrogens with one attached hydrogen (secondary N) is 1. The third kappa shape index (κ3) is 1.45. The Morgan fingerprint density at radius 3 is 2.71 bits per heavy atom. The second-order valence-corrected chi connectivity index (χ2v) is 3.94. The predicted octanol–water partition coefficient (Wildman–Crippen LogP) is 2.02. The summed E-state index contributed by atoms with van der Waals surface area (Å²) in [4.78, 5) is 18.8. The minimum Gasteiger partial charge on any atom is -0.305 e. The zero-order valence-corrected chi connectivity index (χ0v) is 9.34. The first-order valence-electron chi connectivity index (χ1n) is 5.38. The third-order valence-electron chi connectivity index (χ3n) is 2.85. The minimum atomic E-state index is -0.125. The molecule has 0 radical (unpaired) electrons. The van der Waals surface area contributed by atoms with Gasteiger partial charge in [0.1, 0.15) is 0 Å². The fourth-order valence-corrected chi connectivity index (χ4v) is 2.02. The van der Waals surface area contributed by atoms with Crippen LogP contribution in [0.5, 0.6) is 0 Å². The van der Waals surface area contributed by atoms with E-state index in [1.165, 1.54) is 0 Å². The van der Waals surface area contributed by atoms with Crippen molar-refractivity contribution in [3.05, 3.63) is 58.8 Å². The fourth-order valence-electron chi connectivity index (χ4n) is 2.02. The van der Waals surface area contributed by atoms with E-state index in [0.29, 0.717) is 0 Å². The molecule has 0 saturated heterocycles. The van der Waals surface area contributed by atoms with Gasteiger partial charge >= 0.3 is 5.69 Å². The highest BCUT2D eigenvalue weighted by Gasteiger charge is 2.09. The molecule has 4 nitrogen and oxygen atoms in total. The molecule has 17 heavy (non-hydrogen) atoms. The van der Waals surface area contributed by atoms with E-state index in [9.17, 15) is 4.79 Å². The average Bonchev–Trinajstić information content (AvgIpc) is 2.68. The maximum atomic E-state index is 12.0. The van der Waals surface area contributed by atoms with Crippen LogP contribution in [0.2, 0.25) is 0 Å². The number of hydrogen-bond donors (Lipinski definition) is 1. The van der Waals surface area contributed by atoms with Gasteiger partial charge in [-0.15, -0.1) is 0 Å². The highest BCUT2D eigenvalue weighted by molar-refractivity contribution is 5.80. The summed E-state index contributed by atoms with van der Waals surface area (Å²) < 4.78 is 1.66. The molecule has 2 aromatic heterocycles. The van der Waals surface area contributed by atoms with Crippen LogP contribution < -0.4 is 5.69 Å². The van der Waals surface area contributed by atoms with Crippen LogP contribution >= 0.6 is 0 Å². The molecule has 84 valence electrons. The molecule has 0 bridgehead atoms. The summed E-state index contributed by atoms with van der Waals surface area (Å²) in [5.74, 6) is 0. The predicted molar refractivity (Wildman–Crippen MR) is 66.4 cm³/mol. The number of H-pyrrole nitrogens is 1. The second kappa shape index (κ2) is 3.59. The highest BCUT2D eigenvalue weighted by atomic mass is 16.1. The summed E-state index contributed by atoms with van der Waals surface area (Å²) in [6, 6.07) is 9.49. The number of rotatable bonds is 1. The first-order valence-corrected chi connectivity index (χ1v) is 5.38. The summed E-state index contributed by atoms with van der Waals surface area (Å²) in [5.41, 5.74) is 3.53. The summed E-state index contributed by atoms with van der Waals surface area (Å²) in [7, 11) is 0. The number of aryl methyl sites for hydroxylation is 1. The monoisotopic (exact) mass is 225 g/mol. The average molecular weight is 225 g/mol. The van der Waals surface area contributed by atoms with Gasteiger partial charge in [0.2, 0.25) is 0 Å². The number of benzene rings is 1. The number of hydrogen-bond acceptors (Lipinski definition) is 2. The summed E-state index contributed by atoms with van der Waals surface area (Å²) in [6.45, 7) is 1.98. The van der Waals surface area contributed by atoms with Crippen LogP contribution in [0.25, 0.3) is 16.7 Å². The van der Waals surface area contributed by atoms with Gasteiger partial charge in [-0.25, -0.2) is 4.79 Å². The van der Waals surface area contributed by atoms with E-state index < -0.39 is 0 Å². The molecule has 0 atom stereocenters. The Labute approximate surface area is 97.6 Å². The van der Waals surface area contributed by atoms with Crippen molar-refractivity contribution in [2.75, 3.05) is 0 Å². The van der Waals surface area contributed by atoms with E-state index in [4.69, 9.17) is 0 Å². The standard InChI is InChI=1S/C13H11N3O/c1-9-3-2-4-11-12(9)15-13(17)16(11)10-5-7-14-8-6-10/h2-8H,1H3,(H,15,17). The molecule has 0 aliphatic heterocycles. The molecule has 0 amide bonds. The number of para-hydroxylation sites is 1. The smallest absolute Gasteiger partial charge is 0.305 e. The molecular weight excluding hydrogens is 214 g/mol. The lowest BCUT2D eigenvalue weighted by Crippen LogP contribution is -2.14. The second-order valence-electron chi connectivity index (χ2n) is 3.94. The number of pyridine rings is 1. The Kier molecular flexibility index (Phi) is 2.08. The van der Waals surface area contributed by atoms with Crippen LogP contribution in [-0.2, 0) is 0 Å². The van der Waals surface area contributed by atoms with Crippen molar-refractivity contribution < 1.29 is 0 Å². The van der Waals surface area contributed by atoms with Gasteiger partial charge in [0, 0.05) is 12.4 Å². The van der Waals surface area contributed by atoms with Crippen LogP contribution in [0.4, 0.5) is 0 Å². The zero-order valence-electron chi connectivity index (χ0n) is 9.34. The van der Waals surface area contributed by atoms with Crippen molar-refractivity contribution in [3.63, 3.8) is 0 Å². The van der Waals surface area contributed by atoms with E-state index in [0.717, 1.165) is 22.3 Å². The van der Waals surface area contributed by atoms with E-state index in [1.807, 2.05) is 37.3 Å². The number of nitrogens with zero attached hydrogens (tertiary/aromatic N) is 2. The minimum absolute atomic E-state index is 0.125. The Morgan fingerprint density at radius 2 is 1.94 bits per heavy atom. The molecule has 0 saturated carbocycles. The highest BCUT2D eigenvalue weighted by Crippen LogP contribution is 2.17. The summed E-state index contributed by atoms with van der Waals surface area (Å²) >= 11 is 0. The maximum absolute atomic E-state index is 12.0. The lowest BCUT2D eigenvalue weighted by molar-refractivity contribution is 1.01. The molecular formula is C13H11N3O. The topological polar surface area (TPSA) is 50.7 Å². The third-order valence-corrected chi connectivity index (χ3v) is 2.85. The van der Waals surface area contributed by atoms with Crippen LogP contribution in [0.3, 0.4) is 0 Å². The quantitative estimate of drug-likeness (QED) is 0.688. The normalized spacial score (nSPS) is 10.9. The Balaban J connectivity index is 2.42. The van der Waals surface area contributed by atoms with Crippen LogP contribution in [0, 0.1) is 6.92 Å². The van der Waals surface area contributed by atoms with Gasteiger partial charge in [-0.3, -0.25) is 9.55 Å². The van der Waals surface area contributed by atoms with Crippen LogP contribution in [0.15, 0.2) is 47.5 Å². The van der Waals surface area contributed by atoms with Gasteiger partial charge < -0.3 is 4.98 Å². The molecule has 1 N–H and O–H groups in total. The fraction of sp³-hybridized carbons (Fsp3) is 0.0769. The van der Waals surface area contributed by atoms with E-state index >= 15 is 0 Å². The van der Waals surface area contributed by atoms with Gasteiger partial charge in [-0.2, -0.15) is 0 Å². The molecule has 0 aliphatic carbocycles. The van der Waals surface area contributed by atoms with Gasteiger partial charge in [0.05, 0.1) is 16.7 Å². The van der Waals surface area contributed by atoms with E-state index in [-0.39, 0.29) is 5.69 Å². The van der Waals surface area contributed by atoms with Gasteiger partial charge in [-0.1, -0.05) is 12.1 Å². The molecule has 0 fully saturated rings. The number of fused-ring (bicyclic) bond motifs is 1. The zero-order chi connectivity index (χ0) is 11.8. The molecule has 1 aromatic carbocycles. The number of aromatic nitrogens is 3. The number of imidazole rings is 1. The Morgan fingerprint density at radius 1 is 1.18 bits per heavy atom. The SMILES string of the molecule is Cc1cccc2c1[nH]c(=O)n2-c1ccncc1. The van der Waals surface area contributed by atoms with Crippen molar-refractivity contribution in [1.29, 1.82) is 0 Å². The first kappa shape index (κ1) is 9.84. The van der Waals surface area contributed by atoms with Crippen molar-refractivity contribution in [2.45, 2.75) is 6.92 Å². The number of aromatic amines is 1. The summed E-state index contributed by atoms with van der Waals surface area (Å²) in [5, 5.41) is 0. The van der Waals surface area contributed by atoms with Gasteiger partial charge in [0.25, 0.3) is 0 Å². The van der Waals surface area contributed by atoms with Crippen LogP contribution in [0.1, 0.15) is 5.56 Å². The van der Waals surface area contributed by atoms with Crippen molar-refractivity contribution in [2.24, 2.45) is 0 Å². The molecule has 0 unspecified atom stereocenters. The van der Waals surface area contributed by atoms with Crippen molar-refractivity contribution >= 4 is 11.0 Å². The van der Waals surface area contributed by atoms with Gasteiger partial charge in [-0.05, 0) is 30.7 Å². The molecule has 4 heteroatoms. The lowest BCUT2D eigenvalue weighted by Gasteiger charge is -2.02. The molecule has 0 aliphatic rings. The van der Waals surface area contributed by atoms with Crippen molar-refractivity contribution in [3.8, 4) is 5.69 Å². The van der Waals surface area contributed by atoms with E-state index in [2.05, 4.69) is 9.97 Å². The Bertz CT molecular complexity index is 725. The molecule has 3 rings (SSSR count). The van der Waals surface area contributed by atoms with Gasteiger partial charge in [0.15, 0.2) is 0 Å². The largest absolute Gasteiger partial charge is 0.331 e. The van der Waals surface area contributed by atoms with Crippen LogP contribution in [-0.4, -0.2) is 14.5 Å². The Hall–Kier alpha value is -2.36.